The molecule has 0 saturated carbocycles. The van der Waals surface area contributed by atoms with Crippen LogP contribution in [-0.2, 0) is 22.6 Å². The number of pyridine rings is 1. The fraction of sp³-hybridized carbons (Fsp3) is 0.136. The number of aromatic amines is 1. The van der Waals surface area contributed by atoms with E-state index < -0.39 is 21.5 Å². The summed E-state index contributed by atoms with van der Waals surface area (Å²) in [5, 5.41) is 3.60. The molecule has 166 valence electrons. The average molecular weight is 522 g/mol. The van der Waals surface area contributed by atoms with E-state index in [1.807, 2.05) is 0 Å². The number of aryl methyl sites for hydroxylation is 1. The lowest BCUT2D eigenvalue weighted by Gasteiger charge is -2.18. The van der Waals surface area contributed by atoms with Gasteiger partial charge in [0.2, 0.25) is 0 Å². The van der Waals surface area contributed by atoms with Gasteiger partial charge in [-0.3, -0.25) is 4.79 Å². The van der Waals surface area contributed by atoms with Gasteiger partial charge < -0.3 is 14.9 Å². The quantitative estimate of drug-likeness (QED) is 0.392. The highest BCUT2D eigenvalue weighted by molar-refractivity contribution is 9.10. The van der Waals surface area contributed by atoms with Gasteiger partial charge in [-0.1, -0.05) is 0 Å². The number of nitrogens with zero attached hydrogens (tertiary/aromatic N) is 1. The summed E-state index contributed by atoms with van der Waals surface area (Å²) in [5.41, 5.74) is 2.32. The van der Waals surface area contributed by atoms with E-state index >= 15 is 0 Å². The number of nitrogens with one attached hydrogen (secondary N) is 2. The van der Waals surface area contributed by atoms with Crippen molar-refractivity contribution in [1.29, 1.82) is 0 Å². The van der Waals surface area contributed by atoms with Gasteiger partial charge in [-0.2, -0.15) is 0 Å². The lowest BCUT2D eigenvalue weighted by Crippen LogP contribution is -2.16. The number of rotatable bonds is 5. The summed E-state index contributed by atoms with van der Waals surface area (Å²) in [6, 6.07) is 8.23. The molecule has 0 atom stereocenters. The second kappa shape index (κ2) is 8.18. The number of H-pyrrole nitrogens is 1. The average Bonchev–Trinajstić information content (AvgIpc) is 3.17. The molecule has 0 aliphatic carbocycles. The summed E-state index contributed by atoms with van der Waals surface area (Å²) in [6.45, 7) is 0. The van der Waals surface area contributed by atoms with Crippen LogP contribution in [0.2, 0.25) is 0 Å². The third-order valence-electron chi connectivity index (χ3n) is 4.95. The van der Waals surface area contributed by atoms with E-state index in [9.17, 15) is 22.0 Å². The summed E-state index contributed by atoms with van der Waals surface area (Å²) >= 11 is 3.46. The number of hydrogen-bond donors (Lipinski definition) is 2. The molecule has 0 radical (unpaired) electrons. The van der Waals surface area contributed by atoms with Crippen LogP contribution in [0.4, 0.5) is 20.2 Å². The maximum absolute atomic E-state index is 14.4. The molecular formula is C22H18BrF2N3O3S. The number of hydrogen-bond acceptors (Lipinski definition) is 4. The second-order valence-corrected chi connectivity index (χ2v) is 10.5. The molecule has 2 heterocycles. The van der Waals surface area contributed by atoms with Crippen LogP contribution in [0, 0.1) is 11.6 Å². The minimum absolute atomic E-state index is 0.0411. The van der Waals surface area contributed by atoms with Gasteiger partial charge in [-0.05, 0) is 51.8 Å². The monoisotopic (exact) mass is 521 g/mol. The lowest BCUT2D eigenvalue weighted by atomic mass is 9.99. The number of aromatic nitrogens is 2. The maximum atomic E-state index is 14.4. The molecule has 32 heavy (non-hydrogen) atoms. The number of halogens is 3. The van der Waals surface area contributed by atoms with Crippen LogP contribution in [0.25, 0.3) is 22.0 Å². The van der Waals surface area contributed by atoms with E-state index in [4.69, 9.17) is 0 Å². The first-order valence-corrected chi connectivity index (χ1v) is 12.3. The Bertz CT molecular complexity index is 1530. The van der Waals surface area contributed by atoms with Crippen molar-refractivity contribution in [2.75, 3.05) is 11.6 Å². The summed E-state index contributed by atoms with van der Waals surface area (Å²) in [4.78, 5) is 15.4. The van der Waals surface area contributed by atoms with Crippen molar-refractivity contribution in [2.24, 2.45) is 7.05 Å². The topological polar surface area (TPSA) is 84.0 Å². The third-order valence-corrected chi connectivity index (χ3v) is 6.44. The number of sulfone groups is 1. The molecule has 0 fully saturated rings. The Balaban J connectivity index is 2.00. The van der Waals surface area contributed by atoms with Crippen molar-refractivity contribution in [3.63, 3.8) is 0 Å². The molecule has 2 aromatic heterocycles. The van der Waals surface area contributed by atoms with Gasteiger partial charge in [0, 0.05) is 52.7 Å². The highest BCUT2D eigenvalue weighted by Crippen LogP contribution is 2.40. The molecule has 0 bridgehead atoms. The summed E-state index contributed by atoms with van der Waals surface area (Å²) in [7, 11) is -1.72. The smallest absolute Gasteiger partial charge is 0.274 e. The zero-order valence-corrected chi connectivity index (χ0v) is 19.4. The Morgan fingerprint density at radius 3 is 2.56 bits per heavy atom. The molecule has 0 saturated heterocycles. The van der Waals surface area contributed by atoms with Crippen LogP contribution >= 0.6 is 15.9 Å². The van der Waals surface area contributed by atoms with Crippen molar-refractivity contribution in [3.8, 4) is 11.1 Å². The SMILES string of the molecule is Cn1cc(-c2cc(CS(C)(=O)=O)cc(Br)c2Nc2ccc(F)cc2F)c2cc[nH]c2c1=O. The van der Waals surface area contributed by atoms with Gasteiger partial charge in [0.15, 0.2) is 9.84 Å². The molecule has 0 unspecified atom stereocenters. The first kappa shape index (κ1) is 22.2. The zero-order valence-electron chi connectivity index (χ0n) is 17.0. The normalized spacial score (nSPS) is 11.8. The van der Waals surface area contributed by atoms with Gasteiger partial charge in [-0.25, -0.2) is 17.2 Å². The van der Waals surface area contributed by atoms with Crippen LogP contribution in [0.3, 0.4) is 0 Å². The predicted molar refractivity (Wildman–Crippen MR) is 125 cm³/mol. The van der Waals surface area contributed by atoms with E-state index in [1.165, 1.54) is 10.6 Å². The Hall–Kier alpha value is -2.98. The van der Waals surface area contributed by atoms with Crippen molar-refractivity contribution < 1.29 is 17.2 Å². The van der Waals surface area contributed by atoms with Crippen LogP contribution in [0.15, 0.2) is 58.1 Å². The van der Waals surface area contributed by atoms with Crippen LogP contribution in [-0.4, -0.2) is 24.2 Å². The van der Waals surface area contributed by atoms with Gasteiger partial charge >= 0.3 is 0 Å². The molecule has 10 heteroatoms. The van der Waals surface area contributed by atoms with Crippen molar-refractivity contribution >= 4 is 48.0 Å². The Kier molecular flexibility index (Phi) is 5.68. The van der Waals surface area contributed by atoms with Gasteiger partial charge in [0.05, 0.1) is 17.1 Å². The fourth-order valence-electron chi connectivity index (χ4n) is 3.60. The maximum Gasteiger partial charge on any atom is 0.274 e. The number of fused-ring (bicyclic) bond motifs is 1. The number of benzene rings is 2. The number of anilines is 2. The van der Waals surface area contributed by atoms with E-state index in [2.05, 4.69) is 26.2 Å². The molecule has 2 aromatic carbocycles. The summed E-state index contributed by atoms with van der Waals surface area (Å²) in [5.74, 6) is -1.69. The molecule has 0 aliphatic rings. The molecule has 0 spiro atoms. The largest absolute Gasteiger partial charge is 0.357 e. The first-order valence-electron chi connectivity index (χ1n) is 9.43. The lowest BCUT2D eigenvalue weighted by molar-refractivity contribution is 0.586. The highest BCUT2D eigenvalue weighted by atomic mass is 79.9. The van der Waals surface area contributed by atoms with Gasteiger partial charge in [0.25, 0.3) is 5.56 Å². The minimum atomic E-state index is -3.33. The minimum Gasteiger partial charge on any atom is -0.357 e. The van der Waals surface area contributed by atoms with E-state index in [0.29, 0.717) is 37.8 Å². The van der Waals surface area contributed by atoms with Gasteiger partial charge in [-0.15, -0.1) is 0 Å². The molecule has 6 nitrogen and oxygen atoms in total. The van der Waals surface area contributed by atoms with Crippen LogP contribution in [0.1, 0.15) is 5.56 Å². The van der Waals surface area contributed by atoms with Crippen molar-refractivity contribution in [2.45, 2.75) is 5.75 Å². The molecule has 0 aliphatic heterocycles. The molecule has 4 rings (SSSR count). The van der Waals surface area contributed by atoms with Crippen molar-refractivity contribution in [1.82, 2.24) is 9.55 Å². The van der Waals surface area contributed by atoms with Crippen molar-refractivity contribution in [3.05, 3.63) is 80.8 Å². The Morgan fingerprint density at radius 2 is 1.88 bits per heavy atom. The molecule has 0 amide bonds. The molecule has 2 N–H and O–H groups in total. The second-order valence-electron chi connectivity index (χ2n) is 7.54. The van der Waals surface area contributed by atoms with E-state index in [0.717, 1.165) is 18.4 Å². The van der Waals surface area contributed by atoms with Gasteiger partial charge in [0.1, 0.15) is 17.2 Å². The van der Waals surface area contributed by atoms with Crippen LogP contribution in [0.5, 0.6) is 0 Å². The highest BCUT2D eigenvalue weighted by Gasteiger charge is 2.19. The Labute approximate surface area is 190 Å². The molecule has 4 aromatic rings. The predicted octanol–water partition coefficient (Wildman–Crippen LogP) is 4.86. The Morgan fingerprint density at radius 1 is 1.12 bits per heavy atom. The summed E-state index contributed by atoms with van der Waals surface area (Å²) in [6.07, 6.45) is 4.41. The van der Waals surface area contributed by atoms with E-state index in [1.54, 1.807) is 37.6 Å². The molecular weight excluding hydrogens is 504 g/mol. The standard InChI is InChI=1S/C22H18BrF2N3O3S/c1-28-10-16(14-5-6-26-21(14)22(28)29)15-7-12(11-32(2,30)31)8-17(23)20(15)27-19-4-3-13(24)9-18(19)25/h3-10,26-27H,11H2,1-2H3. The zero-order chi connectivity index (χ0) is 23.2. The third kappa shape index (κ3) is 4.33. The fourth-order valence-corrected chi connectivity index (χ4v) is 4.98. The van der Waals surface area contributed by atoms with Crippen LogP contribution < -0.4 is 10.9 Å². The summed E-state index contributed by atoms with van der Waals surface area (Å²) < 4.78 is 53.5. The first-order chi connectivity index (χ1) is 15.0. The van der Waals surface area contributed by atoms with E-state index in [-0.39, 0.29) is 17.0 Å².